The molecule has 144 valence electrons. The maximum Gasteiger partial charge on any atom is 0.240 e. The Labute approximate surface area is 160 Å². The van der Waals surface area contributed by atoms with E-state index in [-0.39, 0.29) is 36.0 Å². The van der Waals surface area contributed by atoms with Crippen LogP contribution in [0.4, 0.5) is 4.39 Å². The standard InChI is InChI=1S/C20H19FN4O3/c21-15-9-5-4-8-14(15)20-24-18(28-25-20)11-10-17(26)23-16(19(22)27)12-13-6-2-1-3-7-13/h1-9,16H,10-12H2,(H2,22,27)(H,23,26)/t16-/m0/s1. The van der Waals surface area contributed by atoms with E-state index in [4.69, 9.17) is 10.3 Å². The summed E-state index contributed by atoms with van der Waals surface area (Å²) in [6, 6.07) is 14.5. The van der Waals surface area contributed by atoms with E-state index in [1.165, 1.54) is 12.1 Å². The lowest BCUT2D eigenvalue weighted by atomic mass is 10.1. The molecule has 1 atom stereocenters. The zero-order chi connectivity index (χ0) is 19.9. The van der Waals surface area contributed by atoms with Gasteiger partial charge in [0.15, 0.2) is 0 Å². The number of aromatic nitrogens is 2. The van der Waals surface area contributed by atoms with E-state index in [2.05, 4.69) is 15.5 Å². The fourth-order valence-corrected chi connectivity index (χ4v) is 2.67. The molecule has 0 aliphatic heterocycles. The number of nitrogens with zero attached hydrogens (tertiary/aromatic N) is 2. The Hall–Kier alpha value is -3.55. The molecule has 1 aromatic heterocycles. The minimum Gasteiger partial charge on any atom is -0.368 e. The van der Waals surface area contributed by atoms with Crippen LogP contribution in [0, 0.1) is 5.82 Å². The van der Waals surface area contributed by atoms with Crippen molar-refractivity contribution >= 4 is 11.8 Å². The van der Waals surface area contributed by atoms with Crippen molar-refractivity contribution in [3.05, 3.63) is 71.9 Å². The Morgan fingerprint density at radius 2 is 1.82 bits per heavy atom. The predicted octanol–water partition coefficient (Wildman–Crippen LogP) is 2.02. The quantitative estimate of drug-likeness (QED) is 0.619. The molecular weight excluding hydrogens is 363 g/mol. The zero-order valence-electron chi connectivity index (χ0n) is 15.0. The number of hydrogen-bond acceptors (Lipinski definition) is 5. The molecule has 2 aromatic carbocycles. The van der Waals surface area contributed by atoms with Crippen LogP contribution in [0.3, 0.4) is 0 Å². The monoisotopic (exact) mass is 382 g/mol. The Bertz CT molecular complexity index is 959. The van der Waals surface area contributed by atoms with E-state index in [1.54, 1.807) is 12.1 Å². The van der Waals surface area contributed by atoms with Gasteiger partial charge < -0.3 is 15.6 Å². The van der Waals surface area contributed by atoms with Gasteiger partial charge in [0.25, 0.3) is 0 Å². The molecule has 2 amide bonds. The summed E-state index contributed by atoms with van der Waals surface area (Å²) >= 11 is 0. The third kappa shape index (κ3) is 5.00. The van der Waals surface area contributed by atoms with Crippen LogP contribution in [0.15, 0.2) is 59.1 Å². The van der Waals surface area contributed by atoms with Gasteiger partial charge in [-0.2, -0.15) is 4.98 Å². The number of rotatable bonds is 8. The molecule has 0 saturated heterocycles. The van der Waals surface area contributed by atoms with Crippen molar-refractivity contribution in [1.29, 1.82) is 0 Å². The second-order valence-electron chi connectivity index (χ2n) is 6.20. The molecule has 28 heavy (non-hydrogen) atoms. The van der Waals surface area contributed by atoms with Gasteiger partial charge in [0.05, 0.1) is 5.56 Å². The van der Waals surface area contributed by atoms with E-state index in [0.717, 1.165) is 5.56 Å². The number of primary amides is 1. The van der Waals surface area contributed by atoms with Crippen molar-refractivity contribution in [2.24, 2.45) is 5.73 Å². The van der Waals surface area contributed by atoms with Crippen molar-refractivity contribution in [1.82, 2.24) is 15.5 Å². The number of carbonyl (C=O) groups excluding carboxylic acids is 2. The highest BCUT2D eigenvalue weighted by Gasteiger charge is 2.19. The molecule has 8 heteroatoms. The maximum atomic E-state index is 13.8. The van der Waals surface area contributed by atoms with Gasteiger partial charge in [-0.15, -0.1) is 0 Å². The summed E-state index contributed by atoms with van der Waals surface area (Å²) in [5.74, 6) is -1.13. The van der Waals surface area contributed by atoms with E-state index in [0.29, 0.717) is 6.42 Å². The first kappa shape index (κ1) is 19.2. The third-order valence-electron chi connectivity index (χ3n) is 4.11. The average molecular weight is 382 g/mol. The second-order valence-corrected chi connectivity index (χ2v) is 6.20. The Kier molecular flexibility index (Phi) is 6.11. The largest absolute Gasteiger partial charge is 0.368 e. The molecule has 7 nitrogen and oxygen atoms in total. The highest BCUT2D eigenvalue weighted by Crippen LogP contribution is 2.19. The van der Waals surface area contributed by atoms with Crippen molar-refractivity contribution in [3.63, 3.8) is 0 Å². The minimum atomic E-state index is -0.813. The number of nitrogens with two attached hydrogens (primary N) is 1. The normalized spacial score (nSPS) is 11.8. The molecule has 0 saturated carbocycles. The SMILES string of the molecule is NC(=O)[C@H](Cc1ccccc1)NC(=O)CCc1nc(-c2ccccc2F)no1. The molecule has 0 unspecified atom stereocenters. The van der Waals surface area contributed by atoms with Gasteiger partial charge in [0.2, 0.25) is 23.5 Å². The van der Waals surface area contributed by atoms with Crippen LogP contribution in [0.5, 0.6) is 0 Å². The highest BCUT2D eigenvalue weighted by molar-refractivity contribution is 5.86. The second kappa shape index (κ2) is 8.90. The summed E-state index contributed by atoms with van der Waals surface area (Å²) in [6.07, 6.45) is 0.488. The van der Waals surface area contributed by atoms with E-state index < -0.39 is 17.8 Å². The molecule has 3 aromatic rings. The fraction of sp³-hybridized carbons (Fsp3) is 0.200. The third-order valence-corrected chi connectivity index (χ3v) is 4.11. The van der Waals surface area contributed by atoms with Crippen molar-refractivity contribution in [3.8, 4) is 11.4 Å². The Morgan fingerprint density at radius 3 is 2.54 bits per heavy atom. The maximum absolute atomic E-state index is 13.8. The number of amides is 2. The first-order valence-electron chi connectivity index (χ1n) is 8.73. The molecule has 1 heterocycles. The van der Waals surface area contributed by atoms with E-state index >= 15 is 0 Å². The number of halogens is 1. The summed E-state index contributed by atoms with van der Waals surface area (Å²) in [5, 5.41) is 6.36. The molecule has 0 fully saturated rings. The molecule has 3 N–H and O–H groups in total. The lowest BCUT2D eigenvalue weighted by Crippen LogP contribution is -2.45. The minimum absolute atomic E-state index is 0.0253. The van der Waals surface area contributed by atoms with Gasteiger partial charge in [0.1, 0.15) is 11.9 Å². The van der Waals surface area contributed by atoms with Crippen LogP contribution in [-0.2, 0) is 22.4 Å². The van der Waals surface area contributed by atoms with Crippen molar-refractivity contribution < 1.29 is 18.5 Å². The van der Waals surface area contributed by atoms with Crippen LogP contribution in [-0.4, -0.2) is 28.0 Å². The number of carbonyl (C=O) groups is 2. The summed E-state index contributed by atoms with van der Waals surface area (Å²) < 4.78 is 18.8. The number of aryl methyl sites for hydroxylation is 1. The van der Waals surface area contributed by atoms with Crippen LogP contribution < -0.4 is 11.1 Å². The first-order valence-corrected chi connectivity index (χ1v) is 8.73. The van der Waals surface area contributed by atoms with Crippen molar-refractivity contribution in [2.75, 3.05) is 0 Å². The lowest BCUT2D eigenvalue weighted by molar-refractivity contribution is -0.127. The number of hydrogen-bond donors (Lipinski definition) is 2. The van der Waals surface area contributed by atoms with E-state index in [9.17, 15) is 14.0 Å². The van der Waals surface area contributed by atoms with Crippen LogP contribution in [0.25, 0.3) is 11.4 Å². The van der Waals surface area contributed by atoms with Crippen LogP contribution >= 0.6 is 0 Å². The van der Waals surface area contributed by atoms with Crippen molar-refractivity contribution in [2.45, 2.75) is 25.3 Å². The van der Waals surface area contributed by atoms with Gasteiger partial charge in [-0.1, -0.05) is 47.6 Å². The summed E-state index contributed by atoms with van der Waals surface area (Å²) in [4.78, 5) is 27.9. The van der Waals surface area contributed by atoms with Gasteiger partial charge >= 0.3 is 0 Å². The molecule has 0 spiro atoms. The fourth-order valence-electron chi connectivity index (χ4n) is 2.67. The van der Waals surface area contributed by atoms with Crippen LogP contribution in [0.2, 0.25) is 0 Å². The molecule has 0 aliphatic rings. The molecule has 0 radical (unpaired) electrons. The smallest absolute Gasteiger partial charge is 0.240 e. The van der Waals surface area contributed by atoms with Gasteiger partial charge in [-0.3, -0.25) is 9.59 Å². The molecule has 0 aliphatic carbocycles. The Balaban J connectivity index is 1.56. The first-order chi connectivity index (χ1) is 13.5. The lowest BCUT2D eigenvalue weighted by Gasteiger charge is -2.15. The topological polar surface area (TPSA) is 111 Å². The number of nitrogens with one attached hydrogen (secondary N) is 1. The van der Waals surface area contributed by atoms with Crippen LogP contribution in [0.1, 0.15) is 17.9 Å². The molecule has 0 bridgehead atoms. The zero-order valence-corrected chi connectivity index (χ0v) is 15.0. The summed E-state index contributed by atoms with van der Waals surface area (Å²) in [6.45, 7) is 0. The van der Waals surface area contributed by atoms with E-state index in [1.807, 2.05) is 30.3 Å². The van der Waals surface area contributed by atoms with Gasteiger partial charge in [-0.25, -0.2) is 4.39 Å². The highest BCUT2D eigenvalue weighted by atomic mass is 19.1. The average Bonchev–Trinajstić information content (AvgIpc) is 3.16. The molecule has 3 rings (SSSR count). The summed E-state index contributed by atoms with van der Waals surface area (Å²) in [7, 11) is 0. The Morgan fingerprint density at radius 1 is 1.11 bits per heavy atom. The molecular formula is C20H19FN4O3. The predicted molar refractivity (Wildman–Crippen MR) is 99.3 cm³/mol. The summed E-state index contributed by atoms with van der Waals surface area (Å²) in [5.41, 5.74) is 6.50. The van der Waals surface area contributed by atoms with Gasteiger partial charge in [0, 0.05) is 19.3 Å². The number of benzene rings is 2. The van der Waals surface area contributed by atoms with Gasteiger partial charge in [-0.05, 0) is 17.7 Å².